The monoisotopic (exact) mass is 409 g/mol. The maximum Gasteiger partial charge on any atom is 0.251 e. The molecule has 9 heteroatoms. The van der Waals surface area contributed by atoms with Crippen molar-refractivity contribution in [2.45, 2.75) is 0 Å². The smallest absolute Gasteiger partial charge is 0.251 e. The first-order valence-corrected chi connectivity index (χ1v) is 10.5. The zero-order valence-electron chi connectivity index (χ0n) is 15.1. The number of nitrogens with zero attached hydrogens (tertiary/aromatic N) is 2. The molecule has 1 aliphatic heterocycles. The second-order valence-corrected chi connectivity index (χ2v) is 8.51. The third-order valence-electron chi connectivity index (χ3n) is 4.56. The molecule has 1 heterocycles. The Kier molecular flexibility index (Phi) is 6.25. The maximum atomic E-state index is 13.9. The van der Waals surface area contributed by atoms with Gasteiger partial charge in [0.05, 0.1) is 11.4 Å². The van der Waals surface area contributed by atoms with E-state index in [-0.39, 0.29) is 36.8 Å². The summed E-state index contributed by atoms with van der Waals surface area (Å²) in [4.78, 5) is 13.8. The van der Waals surface area contributed by atoms with Crippen molar-refractivity contribution < 1.29 is 22.0 Å². The van der Waals surface area contributed by atoms with Gasteiger partial charge in [-0.2, -0.15) is 4.31 Å². The number of halogens is 2. The standard InChI is InChI=1S/C19H21F2N3O3S/c20-16-5-3-4-15(14-16)19(25)22-8-13-28(26,27)24-11-9-23(10-12-24)18-7-2-1-6-17(18)21/h1-7,14H,8-13H2,(H,22,25). The summed E-state index contributed by atoms with van der Waals surface area (Å²) in [6.45, 7) is 1.18. The molecule has 0 atom stereocenters. The lowest BCUT2D eigenvalue weighted by molar-refractivity contribution is 0.0955. The Morgan fingerprint density at radius 2 is 1.71 bits per heavy atom. The van der Waals surface area contributed by atoms with Crippen molar-refractivity contribution in [3.05, 3.63) is 65.7 Å². The van der Waals surface area contributed by atoms with Crippen molar-refractivity contribution >= 4 is 21.6 Å². The summed E-state index contributed by atoms with van der Waals surface area (Å²) in [5.74, 6) is -1.65. The average Bonchev–Trinajstić information content (AvgIpc) is 2.68. The number of benzene rings is 2. The predicted octanol–water partition coefficient (Wildman–Crippen LogP) is 1.85. The number of hydrogen-bond donors (Lipinski definition) is 1. The summed E-state index contributed by atoms with van der Waals surface area (Å²) in [5.41, 5.74) is 0.595. The lowest BCUT2D eigenvalue weighted by Gasteiger charge is -2.35. The van der Waals surface area contributed by atoms with Crippen LogP contribution in [0.15, 0.2) is 48.5 Å². The molecule has 0 bridgehead atoms. The number of para-hydroxylation sites is 1. The molecule has 0 spiro atoms. The van der Waals surface area contributed by atoms with Crippen LogP contribution in [0.3, 0.4) is 0 Å². The van der Waals surface area contributed by atoms with Gasteiger partial charge in [-0.1, -0.05) is 18.2 Å². The Balaban J connectivity index is 1.50. The minimum absolute atomic E-state index is 0.0782. The Bertz CT molecular complexity index is 945. The molecule has 1 aliphatic rings. The van der Waals surface area contributed by atoms with Crippen molar-refractivity contribution in [1.29, 1.82) is 0 Å². The molecule has 1 amide bonds. The second-order valence-electron chi connectivity index (χ2n) is 6.42. The number of rotatable bonds is 6. The van der Waals surface area contributed by atoms with Gasteiger partial charge in [-0.05, 0) is 30.3 Å². The highest BCUT2D eigenvalue weighted by molar-refractivity contribution is 7.89. The Labute approximate surface area is 162 Å². The summed E-state index contributed by atoms with van der Waals surface area (Å²) in [6.07, 6.45) is 0. The molecule has 3 rings (SSSR count). The fourth-order valence-electron chi connectivity index (χ4n) is 3.07. The van der Waals surface area contributed by atoms with Gasteiger partial charge in [-0.25, -0.2) is 17.2 Å². The van der Waals surface area contributed by atoms with Crippen LogP contribution < -0.4 is 10.2 Å². The van der Waals surface area contributed by atoms with Crippen LogP contribution in [0.1, 0.15) is 10.4 Å². The molecule has 0 unspecified atom stereocenters. The van der Waals surface area contributed by atoms with Crippen molar-refractivity contribution in [2.24, 2.45) is 0 Å². The molecule has 150 valence electrons. The molecular weight excluding hydrogens is 388 g/mol. The van der Waals surface area contributed by atoms with Crippen LogP contribution in [-0.2, 0) is 10.0 Å². The summed E-state index contributed by atoms with van der Waals surface area (Å²) in [7, 11) is -3.56. The number of nitrogens with one attached hydrogen (secondary N) is 1. The van der Waals surface area contributed by atoms with Gasteiger partial charge in [-0.3, -0.25) is 4.79 Å². The van der Waals surface area contributed by atoms with E-state index in [1.807, 2.05) is 4.90 Å². The summed E-state index contributed by atoms with van der Waals surface area (Å²) >= 11 is 0. The number of carbonyl (C=O) groups is 1. The molecule has 1 fully saturated rings. The van der Waals surface area contributed by atoms with E-state index in [1.165, 1.54) is 28.6 Å². The topological polar surface area (TPSA) is 69.7 Å². The Morgan fingerprint density at radius 3 is 2.39 bits per heavy atom. The molecule has 0 aliphatic carbocycles. The van der Waals surface area contributed by atoms with Crippen LogP contribution in [0, 0.1) is 11.6 Å². The number of anilines is 1. The summed E-state index contributed by atoms with van der Waals surface area (Å²) < 4.78 is 53.4. The third kappa shape index (κ3) is 4.85. The number of sulfonamides is 1. The third-order valence-corrected chi connectivity index (χ3v) is 6.43. The van der Waals surface area contributed by atoms with E-state index in [9.17, 15) is 22.0 Å². The van der Waals surface area contributed by atoms with E-state index in [1.54, 1.807) is 18.2 Å². The largest absolute Gasteiger partial charge is 0.367 e. The molecule has 0 radical (unpaired) electrons. The molecule has 2 aromatic carbocycles. The summed E-state index contributed by atoms with van der Waals surface area (Å²) in [6, 6.07) is 11.6. The Hall–Kier alpha value is -2.52. The fourth-order valence-corrected chi connectivity index (χ4v) is 4.41. The molecule has 6 nitrogen and oxygen atoms in total. The summed E-state index contributed by atoms with van der Waals surface area (Å²) in [5, 5.41) is 2.49. The molecular formula is C19H21F2N3O3S. The van der Waals surface area contributed by atoms with E-state index >= 15 is 0 Å². The van der Waals surface area contributed by atoms with Gasteiger partial charge < -0.3 is 10.2 Å². The van der Waals surface area contributed by atoms with E-state index < -0.39 is 21.7 Å². The minimum Gasteiger partial charge on any atom is -0.367 e. The van der Waals surface area contributed by atoms with Crippen LogP contribution in [0.25, 0.3) is 0 Å². The van der Waals surface area contributed by atoms with E-state index in [4.69, 9.17) is 0 Å². The zero-order valence-corrected chi connectivity index (χ0v) is 16.0. The quantitative estimate of drug-likeness (QED) is 0.791. The van der Waals surface area contributed by atoms with Gasteiger partial charge in [-0.15, -0.1) is 0 Å². The molecule has 1 N–H and O–H groups in total. The van der Waals surface area contributed by atoms with Crippen LogP contribution >= 0.6 is 0 Å². The van der Waals surface area contributed by atoms with Gasteiger partial charge in [0.15, 0.2) is 0 Å². The first-order chi connectivity index (χ1) is 13.4. The number of carbonyl (C=O) groups excluding carboxylic acids is 1. The van der Waals surface area contributed by atoms with Crippen molar-refractivity contribution in [2.75, 3.05) is 43.4 Å². The van der Waals surface area contributed by atoms with Crippen LogP contribution in [0.2, 0.25) is 0 Å². The van der Waals surface area contributed by atoms with Crippen molar-refractivity contribution in [1.82, 2.24) is 9.62 Å². The highest BCUT2D eigenvalue weighted by Gasteiger charge is 2.27. The molecule has 28 heavy (non-hydrogen) atoms. The van der Waals surface area contributed by atoms with Gasteiger partial charge in [0.2, 0.25) is 10.0 Å². The molecule has 1 saturated heterocycles. The first-order valence-electron chi connectivity index (χ1n) is 8.88. The first kappa shape index (κ1) is 20.2. The number of hydrogen-bond acceptors (Lipinski definition) is 4. The Morgan fingerprint density at radius 1 is 1.00 bits per heavy atom. The molecule has 0 aromatic heterocycles. The van der Waals surface area contributed by atoms with Crippen molar-refractivity contribution in [3.63, 3.8) is 0 Å². The lowest BCUT2D eigenvalue weighted by Crippen LogP contribution is -2.50. The van der Waals surface area contributed by atoms with E-state index in [0.717, 1.165) is 6.07 Å². The average molecular weight is 409 g/mol. The highest BCUT2D eigenvalue weighted by atomic mass is 32.2. The predicted molar refractivity (Wildman–Crippen MR) is 103 cm³/mol. The van der Waals surface area contributed by atoms with Gasteiger partial charge >= 0.3 is 0 Å². The highest BCUT2D eigenvalue weighted by Crippen LogP contribution is 2.21. The second kappa shape index (κ2) is 8.66. The van der Waals surface area contributed by atoms with E-state index in [2.05, 4.69) is 5.32 Å². The molecule has 0 saturated carbocycles. The minimum atomic E-state index is -3.56. The number of amides is 1. The normalized spacial score (nSPS) is 15.4. The SMILES string of the molecule is O=C(NCCS(=O)(=O)N1CCN(c2ccccc2F)CC1)c1cccc(F)c1. The van der Waals surface area contributed by atoms with Crippen LogP contribution in [0.4, 0.5) is 14.5 Å². The van der Waals surface area contributed by atoms with Gasteiger partial charge in [0.25, 0.3) is 5.91 Å². The van der Waals surface area contributed by atoms with Crippen LogP contribution in [0.5, 0.6) is 0 Å². The maximum absolute atomic E-state index is 13.9. The molecule has 2 aromatic rings. The van der Waals surface area contributed by atoms with Crippen molar-refractivity contribution in [3.8, 4) is 0 Å². The van der Waals surface area contributed by atoms with Crippen LogP contribution in [-0.4, -0.2) is 57.1 Å². The zero-order chi connectivity index (χ0) is 20.1. The fraction of sp³-hybridized carbons (Fsp3) is 0.316. The van der Waals surface area contributed by atoms with Gasteiger partial charge in [0.1, 0.15) is 11.6 Å². The lowest BCUT2D eigenvalue weighted by atomic mass is 10.2. The number of piperazine rings is 1. The van der Waals surface area contributed by atoms with E-state index in [0.29, 0.717) is 18.8 Å². The van der Waals surface area contributed by atoms with Gasteiger partial charge in [0, 0.05) is 38.3 Å².